The van der Waals surface area contributed by atoms with Gasteiger partial charge in [0.15, 0.2) is 0 Å². The third-order valence-corrected chi connectivity index (χ3v) is 3.70. The molecule has 0 saturated heterocycles. The van der Waals surface area contributed by atoms with Crippen LogP contribution in [0.1, 0.15) is 23.1 Å². The molecule has 1 aromatic heterocycles. The number of hydrogen-bond donors (Lipinski definition) is 2. The number of rotatable bonds is 4. The highest BCUT2D eigenvalue weighted by Crippen LogP contribution is 2.37. The lowest BCUT2D eigenvalue weighted by Crippen LogP contribution is -2.20. The van der Waals surface area contributed by atoms with Gasteiger partial charge in [-0.15, -0.1) is 0 Å². The van der Waals surface area contributed by atoms with Gasteiger partial charge in [-0.2, -0.15) is 0 Å². The standard InChI is InChI=1S/C14H14Cl2N2O/c15-11-4-1-5-12(16)13(11)14(19)10(7-17)9-3-2-6-18-8-9/h1-6,8,10,14,19H,7,17H2. The molecule has 1 heterocycles. The molecule has 5 heteroatoms. The molecule has 100 valence electrons. The van der Waals surface area contributed by atoms with E-state index in [1.165, 1.54) is 0 Å². The van der Waals surface area contributed by atoms with Crippen LogP contribution in [0.5, 0.6) is 0 Å². The van der Waals surface area contributed by atoms with Crippen molar-refractivity contribution in [3.8, 4) is 0 Å². The summed E-state index contributed by atoms with van der Waals surface area (Å²) in [4.78, 5) is 4.04. The Morgan fingerprint density at radius 3 is 2.37 bits per heavy atom. The summed E-state index contributed by atoms with van der Waals surface area (Å²) in [7, 11) is 0. The summed E-state index contributed by atoms with van der Waals surface area (Å²) in [6.45, 7) is 0.272. The molecule has 0 aliphatic heterocycles. The fourth-order valence-electron chi connectivity index (χ4n) is 2.04. The molecule has 0 fully saturated rings. The second kappa shape index (κ2) is 6.35. The molecule has 0 aliphatic carbocycles. The van der Waals surface area contributed by atoms with Crippen molar-refractivity contribution < 1.29 is 5.11 Å². The minimum atomic E-state index is -0.865. The molecule has 2 rings (SSSR count). The molecule has 0 bridgehead atoms. The monoisotopic (exact) mass is 296 g/mol. The number of halogens is 2. The van der Waals surface area contributed by atoms with E-state index in [-0.39, 0.29) is 12.5 Å². The van der Waals surface area contributed by atoms with Crippen LogP contribution in [-0.2, 0) is 0 Å². The van der Waals surface area contributed by atoms with Gasteiger partial charge in [-0.3, -0.25) is 4.98 Å². The highest BCUT2D eigenvalue weighted by Gasteiger charge is 2.25. The maximum Gasteiger partial charge on any atom is 0.0900 e. The highest BCUT2D eigenvalue weighted by molar-refractivity contribution is 6.36. The van der Waals surface area contributed by atoms with Crippen LogP contribution in [0.4, 0.5) is 0 Å². The zero-order valence-electron chi connectivity index (χ0n) is 10.1. The van der Waals surface area contributed by atoms with Crippen LogP contribution in [0, 0.1) is 0 Å². The Balaban J connectivity index is 2.39. The minimum Gasteiger partial charge on any atom is -0.388 e. The zero-order valence-corrected chi connectivity index (χ0v) is 11.6. The van der Waals surface area contributed by atoms with E-state index in [0.29, 0.717) is 15.6 Å². The molecule has 0 spiro atoms. The molecule has 0 saturated carbocycles. The Labute approximate surface area is 122 Å². The molecule has 2 aromatic rings. The number of aliphatic hydroxyl groups is 1. The average molecular weight is 297 g/mol. The van der Waals surface area contributed by atoms with Gasteiger partial charge in [0.1, 0.15) is 0 Å². The second-order valence-corrected chi connectivity index (χ2v) is 5.02. The quantitative estimate of drug-likeness (QED) is 0.911. The number of nitrogens with zero attached hydrogens (tertiary/aromatic N) is 1. The lowest BCUT2D eigenvalue weighted by molar-refractivity contribution is 0.147. The molecule has 19 heavy (non-hydrogen) atoms. The number of benzene rings is 1. The van der Waals surface area contributed by atoms with Crippen LogP contribution in [0.25, 0.3) is 0 Å². The van der Waals surface area contributed by atoms with Crippen molar-refractivity contribution in [3.63, 3.8) is 0 Å². The smallest absolute Gasteiger partial charge is 0.0900 e. The van der Waals surface area contributed by atoms with Crippen LogP contribution in [0.15, 0.2) is 42.7 Å². The summed E-state index contributed by atoms with van der Waals surface area (Å²) < 4.78 is 0. The number of aromatic nitrogens is 1. The van der Waals surface area contributed by atoms with E-state index in [9.17, 15) is 5.11 Å². The first-order chi connectivity index (χ1) is 9.15. The Morgan fingerprint density at radius 1 is 1.16 bits per heavy atom. The predicted molar refractivity (Wildman–Crippen MR) is 77.5 cm³/mol. The number of aliphatic hydroxyl groups excluding tert-OH is 1. The lowest BCUT2D eigenvalue weighted by Gasteiger charge is -2.23. The molecule has 3 N–H and O–H groups in total. The van der Waals surface area contributed by atoms with E-state index in [0.717, 1.165) is 5.56 Å². The Bertz CT molecular complexity index is 528. The van der Waals surface area contributed by atoms with Gasteiger partial charge in [-0.05, 0) is 23.8 Å². The van der Waals surface area contributed by atoms with Crippen LogP contribution in [0.3, 0.4) is 0 Å². The normalized spacial score (nSPS) is 14.1. The van der Waals surface area contributed by atoms with Crippen molar-refractivity contribution in [2.24, 2.45) is 5.73 Å². The van der Waals surface area contributed by atoms with E-state index < -0.39 is 6.10 Å². The zero-order chi connectivity index (χ0) is 13.8. The summed E-state index contributed by atoms with van der Waals surface area (Å²) in [5.41, 5.74) is 7.13. The maximum atomic E-state index is 10.5. The molecule has 0 amide bonds. The number of pyridine rings is 1. The van der Waals surface area contributed by atoms with Crippen molar-refractivity contribution in [3.05, 3.63) is 63.9 Å². The van der Waals surface area contributed by atoms with E-state index in [4.69, 9.17) is 28.9 Å². The van der Waals surface area contributed by atoms with Gasteiger partial charge in [0, 0.05) is 40.5 Å². The largest absolute Gasteiger partial charge is 0.388 e. The van der Waals surface area contributed by atoms with Crippen molar-refractivity contribution in [2.75, 3.05) is 6.54 Å². The van der Waals surface area contributed by atoms with Crippen molar-refractivity contribution in [1.29, 1.82) is 0 Å². The first-order valence-electron chi connectivity index (χ1n) is 5.87. The first kappa shape index (κ1) is 14.3. The van der Waals surface area contributed by atoms with E-state index in [1.54, 1.807) is 36.7 Å². The lowest BCUT2D eigenvalue weighted by atomic mass is 9.90. The Kier molecular flexibility index (Phi) is 4.77. The van der Waals surface area contributed by atoms with Crippen molar-refractivity contribution in [2.45, 2.75) is 12.0 Å². The van der Waals surface area contributed by atoms with Gasteiger partial charge < -0.3 is 10.8 Å². The molecule has 2 atom stereocenters. The van der Waals surface area contributed by atoms with Crippen LogP contribution in [0.2, 0.25) is 10.0 Å². The molecule has 2 unspecified atom stereocenters. The van der Waals surface area contributed by atoms with E-state index >= 15 is 0 Å². The summed E-state index contributed by atoms with van der Waals surface area (Å²) >= 11 is 12.2. The Hall–Kier alpha value is -1.13. The first-order valence-corrected chi connectivity index (χ1v) is 6.62. The Morgan fingerprint density at radius 2 is 1.84 bits per heavy atom. The highest BCUT2D eigenvalue weighted by atomic mass is 35.5. The third kappa shape index (κ3) is 3.07. The second-order valence-electron chi connectivity index (χ2n) is 4.21. The summed E-state index contributed by atoms with van der Waals surface area (Å²) in [5, 5.41) is 11.4. The predicted octanol–water partition coefficient (Wildman–Crippen LogP) is 3.16. The van der Waals surface area contributed by atoms with Crippen molar-refractivity contribution >= 4 is 23.2 Å². The summed E-state index contributed by atoms with van der Waals surface area (Å²) in [5.74, 6) is -0.300. The topological polar surface area (TPSA) is 59.1 Å². The number of nitrogens with two attached hydrogens (primary N) is 1. The fourth-order valence-corrected chi connectivity index (χ4v) is 2.66. The maximum absolute atomic E-state index is 10.5. The van der Waals surface area contributed by atoms with E-state index in [1.807, 2.05) is 6.07 Å². The molecule has 0 radical (unpaired) electrons. The molecule has 1 aromatic carbocycles. The summed E-state index contributed by atoms with van der Waals surface area (Å²) in [6.07, 6.45) is 2.49. The summed E-state index contributed by atoms with van der Waals surface area (Å²) in [6, 6.07) is 8.81. The molecular formula is C14H14Cl2N2O. The van der Waals surface area contributed by atoms with Gasteiger partial charge in [0.05, 0.1) is 6.10 Å². The van der Waals surface area contributed by atoms with Gasteiger partial charge in [-0.1, -0.05) is 35.3 Å². The van der Waals surface area contributed by atoms with Gasteiger partial charge in [0.25, 0.3) is 0 Å². The van der Waals surface area contributed by atoms with Crippen molar-refractivity contribution in [1.82, 2.24) is 4.98 Å². The molecule has 0 aliphatic rings. The van der Waals surface area contributed by atoms with Crippen LogP contribution >= 0.6 is 23.2 Å². The molecular weight excluding hydrogens is 283 g/mol. The van der Waals surface area contributed by atoms with Gasteiger partial charge in [0.2, 0.25) is 0 Å². The van der Waals surface area contributed by atoms with Crippen LogP contribution < -0.4 is 5.73 Å². The minimum absolute atomic E-state index is 0.272. The average Bonchev–Trinajstić information content (AvgIpc) is 2.40. The molecule has 3 nitrogen and oxygen atoms in total. The number of hydrogen-bond acceptors (Lipinski definition) is 3. The van der Waals surface area contributed by atoms with Gasteiger partial charge >= 0.3 is 0 Å². The third-order valence-electron chi connectivity index (χ3n) is 3.04. The van der Waals surface area contributed by atoms with Gasteiger partial charge in [-0.25, -0.2) is 0 Å². The SMILES string of the molecule is NCC(c1cccnc1)C(O)c1c(Cl)cccc1Cl. The van der Waals surface area contributed by atoms with Crippen LogP contribution in [-0.4, -0.2) is 16.6 Å². The van der Waals surface area contributed by atoms with E-state index in [2.05, 4.69) is 4.98 Å². The fraction of sp³-hybridized carbons (Fsp3) is 0.214.